The van der Waals surface area contributed by atoms with Crippen molar-refractivity contribution in [3.63, 3.8) is 0 Å². The van der Waals surface area contributed by atoms with Crippen LogP contribution in [-0.4, -0.2) is 38.8 Å². The van der Waals surface area contributed by atoms with Gasteiger partial charge in [-0.15, -0.1) is 0 Å². The first-order valence-corrected chi connectivity index (χ1v) is 15.6. The Morgan fingerprint density at radius 2 is 1.28 bits per heavy atom. The van der Waals surface area contributed by atoms with Crippen LogP contribution in [-0.2, 0) is 20.2 Å². The lowest BCUT2D eigenvalue weighted by molar-refractivity contribution is 0.111. The van der Waals surface area contributed by atoms with Gasteiger partial charge in [0.2, 0.25) is 0 Å². The molecule has 208 valence electrons. The Hall–Kier alpha value is -3.05. The number of hydrogen-bond acceptors (Lipinski definition) is 6. The quantitative estimate of drug-likeness (QED) is 0.240. The van der Waals surface area contributed by atoms with E-state index in [1.54, 1.807) is 32.9 Å². The molecule has 1 aliphatic carbocycles. The van der Waals surface area contributed by atoms with Gasteiger partial charge in [0.15, 0.2) is 6.29 Å². The van der Waals surface area contributed by atoms with Crippen LogP contribution in [0.4, 0.5) is 0 Å². The third-order valence-corrected chi connectivity index (χ3v) is 9.10. The van der Waals surface area contributed by atoms with Gasteiger partial charge >= 0.3 is 0 Å². The molecule has 39 heavy (non-hydrogen) atoms. The van der Waals surface area contributed by atoms with E-state index < -0.39 is 25.1 Å². The minimum absolute atomic E-state index is 0.0735. The van der Waals surface area contributed by atoms with E-state index in [0.717, 1.165) is 37.7 Å². The van der Waals surface area contributed by atoms with Gasteiger partial charge in [0.1, 0.15) is 15.5 Å². The van der Waals surface area contributed by atoms with Gasteiger partial charge in [-0.2, -0.15) is 16.8 Å². The Balaban J connectivity index is 2.07. The van der Waals surface area contributed by atoms with E-state index in [0.29, 0.717) is 29.6 Å². The van der Waals surface area contributed by atoms with E-state index in [9.17, 15) is 30.7 Å². The number of carbonyl (C=O) groups is 1. The second-order valence-corrected chi connectivity index (χ2v) is 13.0. The molecule has 2 N–H and O–H groups in total. The number of rotatable bonds is 8. The molecule has 1 saturated carbocycles. The molecule has 1 aliphatic rings. The molecular formula is C29H32O8S2. The van der Waals surface area contributed by atoms with Crippen molar-refractivity contribution in [2.24, 2.45) is 5.92 Å². The van der Waals surface area contributed by atoms with Crippen molar-refractivity contribution in [1.29, 1.82) is 0 Å². The number of carbonyl (C=O) groups excluding carboxylic acids is 1. The van der Waals surface area contributed by atoms with Crippen molar-refractivity contribution in [2.45, 2.75) is 62.7 Å². The number of ether oxygens (including phenoxy) is 1. The van der Waals surface area contributed by atoms with Crippen molar-refractivity contribution in [3.05, 3.63) is 64.7 Å². The first-order valence-electron chi connectivity index (χ1n) is 12.7. The van der Waals surface area contributed by atoms with Crippen molar-refractivity contribution in [3.8, 4) is 28.0 Å². The first-order chi connectivity index (χ1) is 18.3. The molecule has 3 aromatic carbocycles. The fraction of sp³-hybridized carbons (Fsp3) is 0.345. The smallest absolute Gasteiger partial charge is 0.295 e. The summed E-state index contributed by atoms with van der Waals surface area (Å²) in [6.45, 7) is 5.54. The van der Waals surface area contributed by atoms with E-state index in [-0.39, 0.29) is 38.8 Å². The second kappa shape index (κ2) is 11.2. The zero-order valence-electron chi connectivity index (χ0n) is 22.1. The molecule has 0 heterocycles. The van der Waals surface area contributed by atoms with Crippen LogP contribution < -0.4 is 4.74 Å². The van der Waals surface area contributed by atoms with Gasteiger partial charge < -0.3 is 4.74 Å². The monoisotopic (exact) mass is 572 g/mol. The summed E-state index contributed by atoms with van der Waals surface area (Å²) < 4.78 is 75.6. The predicted molar refractivity (Wildman–Crippen MR) is 149 cm³/mol. The second-order valence-electron chi connectivity index (χ2n) is 10.2. The predicted octanol–water partition coefficient (Wildman–Crippen LogP) is 6.21. The molecule has 0 atom stereocenters. The topological polar surface area (TPSA) is 135 Å². The highest BCUT2D eigenvalue weighted by Crippen LogP contribution is 2.43. The molecule has 0 unspecified atom stereocenters. The third kappa shape index (κ3) is 6.24. The Morgan fingerprint density at radius 3 is 1.77 bits per heavy atom. The van der Waals surface area contributed by atoms with Gasteiger partial charge in [0, 0.05) is 11.1 Å². The average molecular weight is 573 g/mol. The Labute approximate surface area is 229 Å². The first kappa shape index (κ1) is 28.9. The van der Waals surface area contributed by atoms with Crippen molar-refractivity contribution in [2.75, 3.05) is 6.61 Å². The highest BCUT2D eigenvalue weighted by atomic mass is 32.2. The van der Waals surface area contributed by atoms with Crippen LogP contribution >= 0.6 is 0 Å². The Kier molecular flexibility index (Phi) is 8.32. The van der Waals surface area contributed by atoms with E-state index >= 15 is 0 Å². The maximum absolute atomic E-state index is 12.6. The van der Waals surface area contributed by atoms with Gasteiger partial charge in [-0.3, -0.25) is 13.9 Å². The maximum Gasteiger partial charge on any atom is 0.295 e. The fourth-order valence-electron chi connectivity index (χ4n) is 5.30. The summed E-state index contributed by atoms with van der Waals surface area (Å²) in [5.41, 5.74) is 2.70. The van der Waals surface area contributed by atoms with Gasteiger partial charge in [-0.05, 0) is 74.4 Å². The highest BCUT2D eigenvalue weighted by molar-refractivity contribution is 7.86. The lowest BCUT2D eigenvalue weighted by Crippen LogP contribution is -2.17. The summed E-state index contributed by atoms with van der Waals surface area (Å²) in [5.74, 6) is 0.484. The van der Waals surface area contributed by atoms with Gasteiger partial charge in [0.05, 0.1) is 12.2 Å². The van der Waals surface area contributed by atoms with Crippen LogP contribution in [0.15, 0.2) is 52.3 Å². The minimum atomic E-state index is -4.68. The zero-order chi connectivity index (χ0) is 28.5. The molecule has 0 bridgehead atoms. The summed E-state index contributed by atoms with van der Waals surface area (Å²) >= 11 is 0. The molecule has 0 radical (unpaired) electrons. The minimum Gasteiger partial charge on any atom is -0.492 e. The van der Waals surface area contributed by atoms with Crippen LogP contribution in [0.5, 0.6) is 5.75 Å². The number of aryl methyl sites for hydroxylation is 2. The number of hydrogen-bond donors (Lipinski definition) is 2. The van der Waals surface area contributed by atoms with E-state index in [4.69, 9.17) is 4.74 Å². The van der Waals surface area contributed by atoms with Crippen LogP contribution in [0.3, 0.4) is 0 Å². The van der Waals surface area contributed by atoms with Crippen molar-refractivity contribution in [1.82, 2.24) is 0 Å². The summed E-state index contributed by atoms with van der Waals surface area (Å²) in [4.78, 5) is 11.8. The third-order valence-electron chi connectivity index (χ3n) is 7.28. The SMILES string of the molecule is Cc1ccc(S(=O)(=O)O)c(-c2cc(-c3cc(C)ccc3S(=O)(=O)O)c(C=O)c(OCC3CCCCC3)c2C)c1. The summed E-state index contributed by atoms with van der Waals surface area (Å²) in [6.07, 6.45) is 5.88. The lowest BCUT2D eigenvalue weighted by atomic mass is 9.88. The van der Waals surface area contributed by atoms with Gasteiger partial charge in [0.25, 0.3) is 20.2 Å². The highest BCUT2D eigenvalue weighted by Gasteiger charge is 2.27. The molecule has 0 spiro atoms. The molecule has 4 rings (SSSR count). The zero-order valence-corrected chi connectivity index (χ0v) is 23.7. The molecule has 3 aromatic rings. The largest absolute Gasteiger partial charge is 0.492 e. The van der Waals surface area contributed by atoms with Gasteiger partial charge in [-0.25, -0.2) is 0 Å². The molecule has 10 heteroatoms. The van der Waals surface area contributed by atoms with Crippen LogP contribution in [0.25, 0.3) is 22.3 Å². The standard InChI is InChI=1S/C29H32O8S2/c1-18-9-11-27(38(31,32)33)24(13-18)22-15-23(25-14-19(2)10-12-28(25)39(34,35)36)26(16-30)29(20(22)3)37-17-21-7-5-4-6-8-21/h9-16,21H,4-8,17H2,1-3H3,(H,31,32,33)(H,34,35,36). The molecule has 1 fully saturated rings. The summed E-state index contributed by atoms with van der Waals surface area (Å²) in [5, 5.41) is 0. The normalized spacial score (nSPS) is 14.8. The average Bonchev–Trinajstić information content (AvgIpc) is 2.86. The van der Waals surface area contributed by atoms with Crippen LogP contribution in [0.1, 0.15) is 59.2 Å². The van der Waals surface area contributed by atoms with Gasteiger partial charge in [-0.1, -0.05) is 54.7 Å². The molecule has 0 saturated heterocycles. The number of benzene rings is 3. The molecular weight excluding hydrogens is 540 g/mol. The maximum atomic E-state index is 12.6. The molecule has 0 amide bonds. The molecule has 0 aromatic heterocycles. The van der Waals surface area contributed by atoms with Crippen LogP contribution in [0, 0.1) is 26.7 Å². The van der Waals surface area contributed by atoms with E-state index in [1.165, 1.54) is 30.3 Å². The number of aldehydes is 1. The van der Waals surface area contributed by atoms with Crippen LogP contribution in [0.2, 0.25) is 0 Å². The fourth-order valence-corrected chi connectivity index (χ4v) is 6.67. The Morgan fingerprint density at radius 1 is 0.769 bits per heavy atom. The van der Waals surface area contributed by atoms with Crippen molar-refractivity contribution < 1.29 is 35.5 Å². The van der Waals surface area contributed by atoms with E-state index in [2.05, 4.69) is 0 Å². The molecule has 0 aliphatic heterocycles. The van der Waals surface area contributed by atoms with E-state index in [1.807, 2.05) is 0 Å². The molecule has 8 nitrogen and oxygen atoms in total. The van der Waals surface area contributed by atoms with Crippen molar-refractivity contribution >= 4 is 26.5 Å². The summed E-state index contributed by atoms with van der Waals surface area (Å²) in [6, 6.07) is 10.3. The lowest BCUT2D eigenvalue weighted by Gasteiger charge is -2.25. The Bertz CT molecular complexity index is 1630. The summed E-state index contributed by atoms with van der Waals surface area (Å²) in [7, 11) is -9.32.